The molecule has 6 heteroatoms. The van der Waals surface area contributed by atoms with Crippen LogP contribution in [0.4, 0.5) is 15.9 Å². The third-order valence-corrected chi connectivity index (χ3v) is 5.36. The van der Waals surface area contributed by atoms with Crippen LogP contribution in [0.1, 0.15) is 5.56 Å². The summed E-state index contributed by atoms with van der Waals surface area (Å²) in [7, 11) is 3.32. The zero-order valence-corrected chi connectivity index (χ0v) is 16.5. The Balaban J connectivity index is 1.61. The largest absolute Gasteiger partial charge is 0.496 e. The number of pyridine rings is 1. The summed E-state index contributed by atoms with van der Waals surface area (Å²) >= 11 is 0. The van der Waals surface area contributed by atoms with Gasteiger partial charge in [-0.05, 0) is 24.6 Å². The normalized spacial score (nSPS) is 14.4. The van der Waals surface area contributed by atoms with Gasteiger partial charge in [0.1, 0.15) is 35.9 Å². The van der Waals surface area contributed by atoms with E-state index >= 15 is 0 Å². The highest BCUT2D eigenvalue weighted by atomic mass is 19.1. The van der Waals surface area contributed by atoms with Crippen LogP contribution in [0.5, 0.6) is 11.5 Å². The summed E-state index contributed by atoms with van der Waals surface area (Å²) in [5.41, 5.74) is 2.79. The van der Waals surface area contributed by atoms with Gasteiger partial charge in [-0.15, -0.1) is 0 Å². The molecule has 1 aliphatic rings. The van der Waals surface area contributed by atoms with Crippen molar-refractivity contribution in [1.29, 1.82) is 0 Å². The van der Waals surface area contributed by atoms with Crippen LogP contribution >= 0.6 is 0 Å². The number of para-hydroxylation sites is 1. The van der Waals surface area contributed by atoms with Gasteiger partial charge < -0.3 is 14.4 Å². The third-order valence-electron chi connectivity index (χ3n) is 5.36. The maximum absolute atomic E-state index is 14.1. The fourth-order valence-corrected chi connectivity index (χ4v) is 3.89. The number of piperazine rings is 1. The Kier molecular flexibility index (Phi) is 4.94. The molecule has 2 aromatic carbocycles. The minimum Gasteiger partial charge on any atom is -0.496 e. The molecule has 0 bridgehead atoms. The lowest BCUT2D eigenvalue weighted by Gasteiger charge is -2.32. The SMILES string of the molecule is COc1cc(OC)c2c(C)cc(N3CCN(c4ccccc4F)CC3)[nH+]c2c1. The first-order valence-corrected chi connectivity index (χ1v) is 9.44. The molecule has 1 fully saturated rings. The van der Waals surface area contributed by atoms with E-state index in [1.54, 1.807) is 20.3 Å². The molecule has 28 heavy (non-hydrogen) atoms. The van der Waals surface area contributed by atoms with E-state index in [1.165, 1.54) is 6.07 Å². The number of aromatic amines is 1. The Morgan fingerprint density at radius 1 is 0.929 bits per heavy atom. The van der Waals surface area contributed by atoms with Crippen molar-refractivity contribution in [2.75, 3.05) is 50.2 Å². The Morgan fingerprint density at radius 2 is 1.64 bits per heavy atom. The third kappa shape index (κ3) is 3.30. The smallest absolute Gasteiger partial charge is 0.275 e. The summed E-state index contributed by atoms with van der Waals surface area (Å²) in [6.07, 6.45) is 0. The van der Waals surface area contributed by atoms with E-state index in [1.807, 2.05) is 24.3 Å². The van der Waals surface area contributed by atoms with Gasteiger partial charge in [0.2, 0.25) is 0 Å². The molecule has 5 nitrogen and oxygen atoms in total. The van der Waals surface area contributed by atoms with E-state index in [9.17, 15) is 4.39 Å². The lowest BCUT2D eigenvalue weighted by molar-refractivity contribution is -0.330. The molecular weight excluding hydrogens is 357 g/mol. The van der Waals surface area contributed by atoms with Crippen LogP contribution in [0.2, 0.25) is 0 Å². The molecule has 3 aromatic rings. The molecule has 146 valence electrons. The van der Waals surface area contributed by atoms with Crippen molar-refractivity contribution in [3.8, 4) is 11.5 Å². The first-order valence-electron chi connectivity index (χ1n) is 9.44. The minimum absolute atomic E-state index is 0.164. The molecule has 0 radical (unpaired) electrons. The molecule has 1 saturated heterocycles. The summed E-state index contributed by atoms with van der Waals surface area (Å²) in [4.78, 5) is 7.93. The number of fused-ring (bicyclic) bond motifs is 1. The molecule has 1 N–H and O–H groups in total. The Labute approximate surface area is 164 Å². The van der Waals surface area contributed by atoms with Gasteiger partial charge in [0.05, 0.1) is 38.4 Å². The maximum Gasteiger partial charge on any atom is 0.275 e. The van der Waals surface area contributed by atoms with E-state index in [0.29, 0.717) is 5.69 Å². The number of hydrogen-bond donors (Lipinski definition) is 0. The van der Waals surface area contributed by atoms with E-state index in [4.69, 9.17) is 9.47 Å². The number of aryl methyl sites for hydroxylation is 1. The summed E-state index contributed by atoms with van der Waals surface area (Å²) < 4.78 is 25.0. The molecule has 4 rings (SSSR count). The molecule has 0 unspecified atom stereocenters. The zero-order valence-electron chi connectivity index (χ0n) is 16.5. The number of hydrogen-bond acceptors (Lipinski definition) is 4. The number of rotatable bonds is 4. The summed E-state index contributed by atoms with van der Waals surface area (Å²) in [6, 6.07) is 13.0. The average Bonchev–Trinajstić information content (AvgIpc) is 2.73. The van der Waals surface area contributed by atoms with Gasteiger partial charge >= 0.3 is 0 Å². The highest BCUT2D eigenvalue weighted by Gasteiger charge is 2.26. The molecule has 0 atom stereocenters. The first-order chi connectivity index (χ1) is 13.6. The summed E-state index contributed by atoms with van der Waals surface area (Å²) in [5, 5.41) is 1.05. The van der Waals surface area contributed by atoms with Gasteiger partial charge in [-0.25, -0.2) is 9.37 Å². The number of methoxy groups -OCH3 is 2. The van der Waals surface area contributed by atoms with Crippen molar-refractivity contribution in [2.24, 2.45) is 0 Å². The van der Waals surface area contributed by atoms with E-state index in [0.717, 1.165) is 60.0 Å². The Bertz CT molecular complexity index is 1000. The number of anilines is 2. The van der Waals surface area contributed by atoms with Gasteiger partial charge in [-0.1, -0.05) is 12.1 Å². The number of ether oxygens (including phenoxy) is 2. The molecule has 0 aliphatic carbocycles. The standard InChI is InChI=1S/C22H24FN3O2/c1-15-12-21(24-18-13-16(27-2)14-20(28-3)22(15)18)26-10-8-25(9-11-26)19-7-5-4-6-17(19)23/h4-7,12-14H,8-11H2,1-3H3/p+1. The van der Waals surface area contributed by atoms with Crippen molar-refractivity contribution in [3.63, 3.8) is 0 Å². The second-order valence-electron chi connectivity index (χ2n) is 7.02. The summed E-state index contributed by atoms with van der Waals surface area (Å²) in [5.74, 6) is 2.43. The van der Waals surface area contributed by atoms with Crippen molar-refractivity contribution < 1.29 is 18.8 Å². The number of aromatic nitrogens is 1. The van der Waals surface area contributed by atoms with Crippen LogP contribution in [0.25, 0.3) is 10.9 Å². The van der Waals surface area contributed by atoms with Gasteiger partial charge in [-0.3, -0.25) is 4.90 Å². The van der Waals surface area contributed by atoms with Crippen molar-refractivity contribution in [1.82, 2.24) is 0 Å². The van der Waals surface area contributed by atoms with Crippen LogP contribution in [-0.2, 0) is 0 Å². The van der Waals surface area contributed by atoms with Gasteiger partial charge in [0.15, 0.2) is 0 Å². The average molecular weight is 382 g/mol. The molecule has 0 amide bonds. The first kappa shape index (κ1) is 18.3. The zero-order chi connectivity index (χ0) is 19.7. The second kappa shape index (κ2) is 7.54. The highest BCUT2D eigenvalue weighted by molar-refractivity contribution is 5.88. The molecule has 0 spiro atoms. The monoisotopic (exact) mass is 382 g/mol. The van der Waals surface area contributed by atoms with Gasteiger partial charge in [-0.2, -0.15) is 0 Å². The molecular formula is C22H25FN3O2+. The van der Waals surface area contributed by atoms with Crippen molar-refractivity contribution in [2.45, 2.75) is 6.92 Å². The van der Waals surface area contributed by atoms with Crippen LogP contribution in [-0.4, -0.2) is 40.4 Å². The fraction of sp³-hybridized carbons (Fsp3) is 0.318. The van der Waals surface area contributed by atoms with Crippen molar-refractivity contribution in [3.05, 3.63) is 53.8 Å². The number of halogens is 1. The number of nitrogens with one attached hydrogen (secondary N) is 1. The van der Waals surface area contributed by atoms with Crippen LogP contribution in [0.3, 0.4) is 0 Å². The fourth-order valence-electron chi connectivity index (χ4n) is 3.89. The molecule has 2 heterocycles. The Morgan fingerprint density at radius 3 is 2.32 bits per heavy atom. The number of benzene rings is 2. The minimum atomic E-state index is -0.164. The van der Waals surface area contributed by atoms with E-state index < -0.39 is 0 Å². The highest BCUT2D eigenvalue weighted by Crippen LogP contribution is 2.32. The second-order valence-corrected chi connectivity index (χ2v) is 7.02. The van der Waals surface area contributed by atoms with Crippen molar-refractivity contribution >= 4 is 22.4 Å². The quantitative estimate of drug-likeness (QED) is 0.693. The topological polar surface area (TPSA) is 39.1 Å². The molecule has 1 aliphatic heterocycles. The van der Waals surface area contributed by atoms with Crippen LogP contribution in [0, 0.1) is 12.7 Å². The predicted octanol–water partition coefficient (Wildman–Crippen LogP) is 3.45. The lowest BCUT2D eigenvalue weighted by atomic mass is 10.1. The van der Waals surface area contributed by atoms with E-state index in [-0.39, 0.29) is 5.82 Å². The lowest BCUT2D eigenvalue weighted by Crippen LogP contribution is -2.48. The van der Waals surface area contributed by atoms with Gasteiger partial charge in [0, 0.05) is 18.2 Å². The van der Waals surface area contributed by atoms with E-state index in [2.05, 4.69) is 27.8 Å². The number of nitrogens with zero attached hydrogens (tertiary/aromatic N) is 2. The van der Waals surface area contributed by atoms with Crippen LogP contribution in [0.15, 0.2) is 42.5 Å². The molecule has 1 aromatic heterocycles. The number of H-pyrrole nitrogens is 1. The molecule has 0 saturated carbocycles. The van der Waals surface area contributed by atoms with Gasteiger partial charge in [0.25, 0.3) is 5.82 Å². The Hall–Kier alpha value is -3.02. The predicted molar refractivity (Wildman–Crippen MR) is 109 cm³/mol. The summed E-state index contributed by atoms with van der Waals surface area (Å²) in [6.45, 7) is 5.26. The van der Waals surface area contributed by atoms with Crippen LogP contribution < -0.4 is 24.3 Å². The maximum atomic E-state index is 14.1.